The minimum atomic E-state index is -2.69. The van der Waals surface area contributed by atoms with E-state index >= 15 is 0 Å². The van der Waals surface area contributed by atoms with E-state index in [-0.39, 0.29) is 11.8 Å². The van der Waals surface area contributed by atoms with E-state index in [2.05, 4.69) is 26.3 Å². The molecule has 1 atom stereocenters. The molecule has 0 aliphatic rings. The molecular weight excluding hydrogens is 410 g/mol. The second-order valence-corrected chi connectivity index (χ2v) is 7.62. The smallest absolute Gasteiger partial charge is 0.295 e. The molecule has 32 heavy (non-hydrogen) atoms. The Labute approximate surface area is 182 Å². The Morgan fingerprint density at radius 1 is 0.969 bits per heavy atom. The van der Waals surface area contributed by atoms with Crippen molar-refractivity contribution in [3.8, 4) is 0 Å². The fraction of sp³-hybridized carbons (Fsp3) is 0.120. The van der Waals surface area contributed by atoms with Crippen molar-refractivity contribution in [2.24, 2.45) is 0 Å². The molecule has 2 aromatic heterocycles. The van der Waals surface area contributed by atoms with Crippen molar-refractivity contribution in [2.45, 2.75) is 12.3 Å². The van der Waals surface area contributed by atoms with Crippen LogP contribution in [0, 0.1) is 0 Å². The van der Waals surface area contributed by atoms with Crippen LogP contribution in [0.3, 0.4) is 0 Å². The number of nitrogens with zero attached hydrogens (tertiary/aromatic N) is 1. The molecule has 0 aliphatic carbocycles. The third kappa shape index (κ3) is 3.73. The van der Waals surface area contributed by atoms with Crippen LogP contribution in [0.1, 0.15) is 39.7 Å². The number of imidazole rings is 1. The van der Waals surface area contributed by atoms with Crippen LogP contribution >= 0.6 is 0 Å². The maximum absolute atomic E-state index is 12.9. The van der Waals surface area contributed by atoms with Gasteiger partial charge in [0.25, 0.3) is 12.3 Å². The van der Waals surface area contributed by atoms with Crippen molar-refractivity contribution in [1.29, 1.82) is 0 Å². The lowest BCUT2D eigenvalue weighted by Crippen LogP contribution is -2.28. The second-order valence-electron chi connectivity index (χ2n) is 7.62. The maximum Gasteiger partial charge on any atom is 0.295 e. The zero-order valence-electron chi connectivity index (χ0n) is 17.0. The molecule has 0 saturated heterocycles. The molecule has 1 unspecified atom stereocenters. The quantitative estimate of drug-likeness (QED) is 0.331. The summed E-state index contributed by atoms with van der Waals surface area (Å²) in [5.74, 6) is -0.737. The fourth-order valence-electron chi connectivity index (χ4n) is 4.05. The number of para-hydroxylation sites is 1. The summed E-state index contributed by atoms with van der Waals surface area (Å²) in [6.45, 7) is 0.383. The van der Waals surface area contributed by atoms with Gasteiger partial charge in [0.1, 0.15) is 0 Å². The topological polar surface area (TPSA) is 73.6 Å². The molecule has 3 aromatic carbocycles. The summed E-state index contributed by atoms with van der Waals surface area (Å²) in [6, 6.07) is 22.8. The fourth-order valence-corrected chi connectivity index (χ4v) is 4.05. The highest BCUT2D eigenvalue weighted by atomic mass is 19.3. The number of benzene rings is 3. The molecule has 160 valence electrons. The summed E-state index contributed by atoms with van der Waals surface area (Å²) in [7, 11) is 0. The average molecular weight is 430 g/mol. The average Bonchev–Trinajstić information content (AvgIpc) is 3.44. The third-order valence-corrected chi connectivity index (χ3v) is 5.63. The molecule has 3 N–H and O–H groups in total. The number of hydrogen-bond donors (Lipinski definition) is 3. The maximum atomic E-state index is 12.9. The molecule has 0 saturated carbocycles. The number of amides is 1. The molecule has 0 fully saturated rings. The van der Waals surface area contributed by atoms with Crippen LogP contribution in [0.2, 0.25) is 0 Å². The third-order valence-electron chi connectivity index (χ3n) is 5.63. The number of carbonyl (C=O) groups is 1. The molecule has 1 amide bonds. The van der Waals surface area contributed by atoms with Crippen LogP contribution in [0.15, 0.2) is 79.0 Å². The lowest BCUT2D eigenvalue weighted by molar-refractivity contribution is 0.0952. The van der Waals surface area contributed by atoms with E-state index in [0.717, 1.165) is 22.0 Å². The van der Waals surface area contributed by atoms with Crippen LogP contribution in [-0.4, -0.2) is 27.4 Å². The van der Waals surface area contributed by atoms with E-state index in [1.54, 1.807) is 18.2 Å². The minimum Gasteiger partial charge on any atom is -0.361 e. The summed E-state index contributed by atoms with van der Waals surface area (Å²) in [4.78, 5) is 22.6. The number of H-pyrrole nitrogens is 2. The van der Waals surface area contributed by atoms with Crippen molar-refractivity contribution in [2.75, 3.05) is 6.54 Å². The van der Waals surface area contributed by atoms with Gasteiger partial charge in [-0.15, -0.1) is 0 Å². The number of hydrogen-bond acceptors (Lipinski definition) is 2. The van der Waals surface area contributed by atoms with E-state index in [1.807, 2.05) is 54.7 Å². The molecular formula is C25H20F2N4O. The molecule has 7 heteroatoms. The zero-order valence-corrected chi connectivity index (χ0v) is 17.0. The van der Waals surface area contributed by atoms with E-state index in [0.29, 0.717) is 23.1 Å². The Kier molecular flexibility index (Phi) is 5.15. The van der Waals surface area contributed by atoms with Gasteiger partial charge in [-0.3, -0.25) is 4.79 Å². The van der Waals surface area contributed by atoms with Gasteiger partial charge in [0, 0.05) is 35.1 Å². The number of aromatic amines is 2. The Bertz CT molecular complexity index is 1390. The van der Waals surface area contributed by atoms with Crippen LogP contribution in [0.5, 0.6) is 0 Å². The van der Waals surface area contributed by atoms with Gasteiger partial charge in [0.15, 0.2) is 5.82 Å². The lowest BCUT2D eigenvalue weighted by Gasteiger charge is -2.18. The van der Waals surface area contributed by atoms with Crippen molar-refractivity contribution in [1.82, 2.24) is 20.3 Å². The van der Waals surface area contributed by atoms with Crippen molar-refractivity contribution in [3.05, 3.63) is 102 Å². The standard InChI is InChI=1S/C25H20F2N4O/c26-23(27)24-30-21-11-10-16(12-22(21)31-24)25(32)29-13-18(15-6-2-1-3-7-15)19-14-28-20-9-5-4-8-17(19)20/h1-12,14,18,23,28H,13H2,(H,29,32)(H,30,31). The van der Waals surface area contributed by atoms with Crippen LogP contribution in [-0.2, 0) is 0 Å². The Balaban J connectivity index is 1.42. The summed E-state index contributed by atoms with van der Waals surface area (Å²) in [6.07, 6.45) is -0.709. The normalized spacial score (nSPS) is 12.5. The molecule has 5 aromatic rings. The zero-order chi connectivity index (χ0) is 22.1. The highest BCUT2D eigenvalue weighted by Gasteiger charge is 2.20. The van der Waals surface area contributed by atoms with Gasteiger partial charge in [-0.2, -0.15) is 0 Å². The predicted octanol–water partition coefficient (Wildman–Crippen LogP) is 5.54. The van der Waals surface area contributed by atoms with Crippen molar-refractivity contribution >= 4 is 27.8 Å². The molecule has 5 rings (SSSR count). The number of fused-ring (bicyclic) bond motifs is 2. The highest BCUT2D eigenvalue weighted by Crippen LogP contribution is 2.30. The SMILES string of the molecule is O=C(NCC(c1ccccc1)c1c[nH]c2ccccc12)c1ccc2nc(C(F)F)[nH]c2c1. The monoisotopic (exact) mass is 430 g/mol. The molecule has 2 heterocycles. The van der Waals surface area contributed by atoms with Crippen LogP contribution in [0.4, 0.5) is 8.78 Å². The van der Waals surface area contributed by atoms with E-state index in [9.17, 15) is 13.6 Å². The number of nitrogens with one attached hydrogen (secondary N) is 3. The van der Waals surface area contributed by atoms with Gasteiger partial charge in [-0.25, -0.2) is 13.8 Å². The first-order chi connectivity index (χ1) is 15.6. The first-order valence-electron chi connectivity index (χ1n) is 10.3. The van der Waals surface area contributed by atoms with Gasteiger partial charge < -0.3 is 15.3 Å². The van der Waals surface area contributed by atoms with Crippen molar-refractivity contribution < 1.29 is 13.6 Å². The van der Waals surface area contributed by atoms with Crippen LogP contribution < -0.4 is 5.32 Å². The number of alkyl halides is 2. The van der Waals surface area contributed by atoms with Gasteiger partial charge in [0.2, 0.25) is 0 Å². The number of carbonyl (C=O) groups excluding carboxylic acids is 1. The molecule has 5 nitrogen and oxygen atoms in total. The summed E-state index contributed by atoms with van der Waals surface area (Å²) in [5.41, 5.74) is 4.41. The highest BCUT2D eigenvalue weighted by molar-refractivity contribution is 5.97. The Morgan fingerprint density at radius 3 is 2.56 bits per heavy atom. The largest absolute Gasteiger partial charge is 0.361 e. The molecule has 0 radical (unpaired) electrons. The van der Waals surface area contributed by atoms with E-state index < -0.39 is 12.2 Å². The number of aromatic nitrogens is 3. The summed E-state index contributed by atoms with van der Waals surface area (Å²) >= 11 is 0. The Morgan fingerprint density at radius 2 is 1.75 bits per heavy atom. The molecule has 0 spiro atoms. The summed E-state index contributed by atoms with van der Waals surface area (Å²) in [5, 5.41) is 4.12. The van der Waals surface area contributed by atoms with Gasteiger partial charge in [0.05, 0.1) is 11.0 Å². The van der Waals surface area contributed by atoms with Crippen LogP contribution in [0.25, 0.3) is 21.9 Å². The Hall–Kier alpha value is -4.00. The van der Waals surface area contributed by atoms with E-state index in [4.69, 9.17) is 0 Å². The molecule has 0 aliphatic heterocycles. The lowest BCUT2D eigenvalue weighted by atomic mass is 9.91. The summed E-state index contributed by atoms with van der Waals surface area (Å²) < 4.78 is 25.8. The first-order valence-corrected chi connectivity index (χ1v) is 10.3. The minimum absolute atomic E-state index is 0.0578. The van der Waals surface area contributed by atoms with E-state index in [1.165, 1.54) is 0 Å². The van der Waals surface area contributed by atoms with Gasteiger partial charge >= 0.3 is 0 Å². The number of halogens is 2. The first kappa shape index (κ1) is 19.9. The predicted molar refractivity (Wildman–Crippen MR) is 120 cm³/mol. The van der Waals surface area contributed by atoms with Crippen molar-refractivity contribution in [3.63, 3.8) is 0 Å². The molecule has 0 bridgehead atoms. The van der Waals surface area contributed by atoms with Gasteiger partial charge in [-0.1, -0.05) is 48.5 Å². The number of rotatable bonds is 6. The second kappa shape index (κ2) is 8.26. The van der Waals surface area contributed by atoms with Gasteiger partial charge in [-0.05, 0) is 35.4 Å².